The van der Waals surface area contributed by atoms with Gasteiger partial charge in [0.1, 0.15) is 6.10 Å². The summed E-state index contributed by atoms with van der Waals surface area (Å²) in [6.07, 6.45) is 4.60. The molecule has 33 heavy (non-hydrogen) atoms. The number of nitrogens with one attached hydrogen (secondary N) is 3. The number of hydrogen-bond donors (Lipinski definition) is 3. The molecule has 2 unspecified atom stereocenters. The molecule has 0 radical (unpaired) electrons. The number of para-hydroxylation sites is 2. The number of rotatable bonds is 10. The minimum Gasteiger partial charge on any atom is -0.365 e. The maximum Gasteiger partial charge on any atom is 0.287 e. The molecule has 4 rings (SSSR count). The van der Waals surface area contributed by atoms with E-state index < -0.39 is 29.9 Å². The van der Waals surface area contributed by atoms with Crippen LogP contribution in [0.25, 0.3) is 11.0 Å². The van der Waals surface area contributed by atoms with Gasteiger partial charge in [-0.3, -0.25) is 19.2 Å². The number of fused-ring (bicyclic) bond motifs is 1. The van der Waals surface area contributed by atoms with Crippen molar-refractivity contribution in [2.24, 2.45) is 13.0 Å². The van der Waals surface area contributed by atoms with Crippen molar-refractivity contribution < 1.29 is 23.9 Å². The Hall–Kier alpha value is -3.27. The van der Waals surface area contributed by atoms with E-state index >= 15 is 0 Å². The number of Topliss-reactive ketones (excluding diaryl/α,β-unsaturated/α-hetero) is 1. The van der Waals surface area contributed by atoms with Crippen molar-refractivity contribution in [2.45, 2.75) is 44.2 Å². The van der Waals surface area contributed by atoms with Crippen LogP contribution >= 0.6 is 0 Å². The lowest BCUT2D eigenvalue weighted by molar-refractivity contribution is -0.129. The number of hydrogen-bond acceptors (Lipinski definition) is 6. The normalized spacial score (nSPS) is 18.6. The van der Waals surface area contributed by atoms with E-state index in [9.17, 15) is 19.2 Å². The Morgan fingerprint density at radius 3 is 2.48 bits per heavy atom. The Kier molecular flexibility index (Phi) is 7.02. The fraction of sp³-hybridized carbons (Fsp3) is 0.522. The van der Waals surface area contributed by atoms with Gasteiger partial charge in [0.05, 0.1) is 36.8 Å². The van der Waals surface area contributed by atoms with Crippen molar-refractivity contribution >= 4 is 34.5 Å². The molecule has 10 nitrogen and oxygen atoms in total. The zero-order valence-corrected chi connectivity index (χ0v) is 18.6. The van der Waals surface area contributed by atoms with E-state index in [0.29, 0.717) is 24.5 Å². The summed E-state index contributed by atoms with van der Waals surface area (Å²) in [5, 5.41) is 7.75. The summed E-state index contributed by atoms with van der Waals surface area (Å²) >= 11 is 0. The highest BCUT2D eigenvalue weighted by atomic mass is 16.6. The third kappa shape index (κ3) is 5.75. The fourth-order valence-corrected chi connectivity index (χ4v) is 4.34. The number of imidazole rings is 1. The van der Waals surface area contributed by atoms with Gasteiger partial charge in [-0.15, -0.1) is 0 Å². The molecular weight excluding hydrogens is 426 g/mol. The number of ketones is 1. The molecule has 2 aliphatic rings. The molecule has 2 fully saturated rings. The second kappa shape index (κ2) is 10.1. The van der Waals surface area contributed by atoms with Gasteiger partial charge in [0, 0.05) is 7.05 Å². The first-order chi connectivity index (χ1) is 15.9. The summed E-state index contributed by atoms with van der Waals surface area (Å²) in [6, 6.07) is 6.75. The maximum absolute atomic E-state index is 12.5. The Morgan fingerprint density at radius 1 is 1.09 bits per heavy atom. The number of nitrogens with zero attached hydrogens (tertiary/aromatic N) is 2. The largest absolute Gasteiger partial charge is 0.365 e. The van der Waals surface area contributed by atoms with Gasteiger partial charge in [-0.2, -0.15) is 0 Å². The lowest BCUT2D eigenvalue weighted by Gasteiger charge is -2.20. The van der Waals surface area contributed by atoms with Gasteiger partial charge in [0.25, 0.3) is 5.91 Å². The highest BCUT2D eigenvalue weighted by Crippen LogP contribution is 2.29. The number of benzene rings is 1. The first-order valence-corrected chi connectivity index (χ1v) is 11.3. The molecule has 2 aromatic rings. The van der Waals surface area contributed by atoms with Crippen molar-refractivity contribution in [3.63, 3.8) is 0 Å². The van der Waals surface area contributed by atoms with Crippen molar-refractivity contribution in [2.75, 3.05) is 19.7 Å². The second-order valence-electron chi connectivity index (χ2n) is 8.67. The Balaban J connectivity index is 1.23. The summed E-state index contributed by atoms with van der Waals surface area (Å²) < 4.78 is 6.75. The van der Waals surface area contributed by atoms with Gasteiger partial charge in [0.2, 0.25) is 11.8 Å². The smallest absolute Gasteiger partial charge is 0.287 e. The monoisotopic (exact) mass is 455 g/mol. The Bertz CT molecular complexity index is 1050. The minimum atomic E-state index is -0.595. The molecule has 1 saturated heterocycles. The van der Waals surface area contributed by atoms with Crippen LogP contribution in [0.1, 0.15) is 42.7 Å². The zero-order valence-electron chi connectivity index (χ0n) is 18.6. The Morgan fingerprint density at radius 2 is 1.79 bits per heavy atom. The molecule has 0 bridgehead atoms. The lowest BCUT2D eigenvalue weighted by atomic mass is 9.94. The third-order valence-corrected chi connectivity index (χ3v) is 6.22. The van der Waals surface area contributed by atoms with Gasteiger partial charge in [-0.25, -0.2) is 4.98 Å². The van der Waals surface area contributed by atoms with Gasteiger partial charge in [-0.05, 0) is 24.5 Å². The van der Waals surface area contributed by atoms with Gasteiger partial charge < -0.3 is 25.3 Å². The summed E-state index contributed by atoms with van der Waals surface area (Å²) in [5.41, 5.74) is 1.49. The van der Waals surface area contributed by atoms with Crippen molar-refractivity contribution in [3.8, 4) is 0 Å². The van der Waals surface area contributed by atoms with Crippen molar-refractivity contribution in [1.29, 1.82) is 0 Å². The maximum atomic E-state index is 12.5. The number of epoxide rings is 1. The van der Waals surface area contributed by atoms with E-state index in [2.05, 4.69) is 20.9 Å². The molecule has 2 heterocycles. The predicted octanol–water partition coefficient (Wildman–Crippen LogP) is 0.452. The summed E-state index contributed by atoms with van der Waals surface area (Å²) in [5.74, 6) is -0.928. The zero-order chi connectivity index (χ0) is 23.4. The summed E-state index contributed by atoms with van der Waals surface area (Å²) in [6.45, 7) is -0.172. The highest BCUT2D eigenvalue weighted by molar-refractivity contribution is 5.97. The number of ether oxygens (including phenoxy) is 1. The number of carbonyl (C=O) groups excluding carboxylic acids is 4. The minimum absolute atomic E-state index is 0.101. The van der Waals surface area contributed by atoms with Crippen LogP contribution in [0.2, 0.25) is 0 Å². The van der Waals surface area contributed by atoms with E-state index in [1.165, 1.54) is 0 Å². The van der Waals surface area contributed by atoms with Crippen LogP contribution in [0.15, 0.2) is 24.3 Å². The summed E-state index contributed by atoms with van der Waals surface area (Å²) in [7, 11) is 1.73. The van der Waals surface area contributed by atoms with Crippen LogP contribution in [0.4, 0.5) is 0 Å². The molecule has 2 atom stereocenters. The number of aromatic nitrogens is 2. The molecule has 3 amide bonds. The van der Waals surface area contributed by atoms with E-state index in [-0.39, 0.29) is 24.7 Å². The van der Waals surface area contributed by atoms with E-state index in [1.807, 2.05) is 18.2 Å². The number of aryl methyl sites for hydroxylation is 1. The van der Waals surface area contributed by atoms with Gasteiger partial charge in [0.15, 0.2) is 11.6 Å². The average molecular weight is 456 g/mol. The average Bonchev–Trinajstić information content (AvgIpc) is 3.44. The molecule has 0 spiro atoms. The van der Waals surface area contributed by atoms with Crippen molar-refractivity contribution in [1.82, 2.24) is 25.5 Å². The van der Waals surface area contributed by atoms with Gasteiger partial charge in [-0.1, -0.05) is 37.8 Å². The van der Waals surface area contributed by atoms with Crippen LogP contribution in [-0.2, 0) is 26.2 Å². The Labute approximate surface area is 191 Å². The van der Waals surface area contributed by atoms with Crippen LogP contribution in [0.5, 0.6) is 0 Å². The van der Waals surface area contributed by atoms with Crippen LogP contribution in [0, 0.1) is 5.92 Å². The molecule has 10 heteroatoms. The number of carbonyl (C=O) groups is 4. The SMILES string of the molecule is Cn1c(C(=O)NCC(=O)NCC(=O)NC(CC2CCCC2)C(=O)C2CO2)nc2ccccc21. The molecule has 1 saturated carbocycles. The second-order valence-corrected chi connectivity index (χ2v) is 8.67. The molecule has 176 valence electrons. The fourth-order valence-electron chi connectivity index (χ4n) is 4.34. The number of amides is 3. The first-order valence-electron chi connectivity index (χ1n) is 11.3. The molecular formula is C23H29N5O5. The van der Waals surface area contributed by atoms with E-state index in [0.717, 1.165) is 31.2 Å². The van der Waals surface area contributed by atoms with E-state index in [1.54, 1.807) is 17.7 Å². The predicted molar refractivity (Wildman–Crippen MR) is 119 cm³/mol. The van der Waals surface area contributed by atoms with E-state index in [4.69, 9.17) is 4.74 Å². The van der Waals surface area contributed by atoms with Crippen LogP contribution in [-0.4, -0.2) is 64.9 Å². The molecule has 1 aliphatic heterocycles. The van der Waals surface area contributed by atoms with Gasteiger partial charge >= 0.3 is 0 Å². The molecule has 1 aromatic carbocycles. The van der Waals surface area contributed by atoms with Crippen LogP contribution < -0.4 is 16.0 Å². The standard InChI is InChI=1S/C23H29N5O5/c1-28-17-9-5-4-8-15(17)27-22(28)23(32)25-11-19(29)24-12-20(30)26-16(21(31)18-13-33-18)10-14-6-2-3-7-14/h4-5,8-9,14,16,18H,2-3,6-7,10-13H2,1H3,(H,24,29)(H,25,32)(H,26,30). The molecule has 1 aromatic heterocycles. The lowest BCUT2D eigenvalue weighted by Crippen LogP contribution is -2.48. The van der Waals surface area contributed by atoms with Crippen molar-refractivity contribution in [3.05, 3.63) is 30.1 Å². The molecule has 1 aliphatic carbocycles. The topological polar surface area (TPSA) is 135 Å². The third-order valence-electron chi connectivity index (χ3n) is 6.22. The quantitative estimate of drug-likeness (QED) is 0.446. The van der Waals surface area contributed by atoms with Crippen LogP contribution in [0.3, 0.4) is 0 Å². The summed E-state index contributed by atoms with van der Waals surface area (Å²) in [4.78, 5) is 53.7. The molecule has 3 N–H and O–H groups in total. The first kappa shape index (κ1) is 22.9. The highest BCUT2D eigenvalue weighted by Gasteiger charge is 2.38.